The zero-order valence-corrected chi connectivity index (χ0v) is 24.7. The van der Waals surface area contributed by atoms with Crippen LogP contribution in [-0.4, -0.2) is 48.8 Å². The Bertz CT molecular complexity index is 1720. The lowest BCUT2D eigenvalue weighted by Crippen LogP contribution is -2.41. The molecule has 5 N–H and O–H groups in total. The first kappa shape index (κ1) is 30.9. The number of carbonyl (C=O) groups is 2. The number of carbonyl (C=O) groups excluding carboxylic acids is 2. The van der Waals surface area contributed by atoms with E-state index in [2.05, 4.69) is 20.4 Å². The number of allylic oxidation sites excluding steroid dienone is 2. The zero-order chi connectivity index (χ0) is 31.1. The molecule has 1 aliphatic rings. The van der Waals surface area contributed by atoms with E-state index in [0.717, 1.165) is 11.1 Å². The molecule has 228 valence electrons. The van der Waals surface area contributed by atoms with Crippen molar-refractivity contribution < 1.29 is 28.4 Å². The molecular weight excluding hydrogens is 585 g/mol. The maximum Gasteiger partial charge on any atom is 0.432 e. The number of benzene rings is 2. The third-order valence-electron chi connectivity index (χ3n) is 6.97. The molecule has 0 aliphatic heterocycles. The number of anilines is 1. The summed E-state index contributed by atoms with van der Waals surface area (Å²) >= 11 is 0. The van der Waals surface area contributed by atoms with Crippen LogP contribution in [-0.2, 0) is 25.3 Å². The van der Waals surface area contributed by atoms with Gasteiger partial charge in [-0.05, 0) is 30.5 Å². The van der Waals surface area contributed by atoms with Gasteiger partial charge < -0.3 is 15.2 Å². The Morgan fingerprint density at radius 2 is 1.91 bits per heavy atom. The van der Waals surface area contributed by atoms with Crippen molar-refractivity contribution in [2.24, 2.45) is 5.92 Å². The molecule has 0 spiro atoms. The monoisotopic (exact) mass is 617 g/mol. The molecular formula is C30H32N7O6P. The Morgan fingerprint density at radius 3 is 2.68 bits per heavy atom. The van der Waals surface area contributed by atoms with Gasteiger partial charge in [0, 0.05) is 11.5 Å². The lowest BCUT2D eigenvalue weighted by molar-refractivity contribution is -0.125. The molecule has 0 saturated carbocycles. The highest BCUT2D eigenvalue weighted by molar-refractivity contribution is 7.51. The van der Waals surface area contributed by atoms with Gasteiger partial charge >= 0.3 is 7.75 Å². The molecule has 44 heavy (non-hydrogen) atoms. The number of rotatable bonds is 13. The number of aromatic nitrogens is 4. The number of ketones is 1. The van der Waals surface area contributed by atoms with Gasteiger partial charge in [0.1, 0.15) is 17.9 Å². The van der Waals surface area contributed by atoms with Crippen LogP contribution in [0.15, 0.2) is 85.5 Å². The molecule has 4 aromatic rings. The molecule has 2 heterocycles. The average molecular weight is 618 g/mol. The maximum absolute atomic E-state index is 12.5. The second-order valence-electron chi connectivity index (χ2n) is 10.3. The van der Waals surface area contributed by atoms with Crippen molar-refractivity contribution in [3.05, 3.63) is 102 Å². The third-order valence-corrected chi connectivity index (χ3v) is 7.97. The van der Waals surface area contributed by atoms with E-state index in [1.165, 1.54) is 19.3 Å². The van der Waals surface area contributed by atoms with Gasteiger partial charge in [0.25, 0.3) is 0 Å². The number of imidazole rings is 1. The van der Waals surface area contributed by atoms with Crippen molar-refractivity contribution >= 4 is 42.5 Å². The van der Waals surface area contributed by atoms with E-state index in [1.807, 2.05) is 64.3 Å². The number of nitrogens with one attached hydrogen (secondary N) is 2. The molecule has 1 unspecified atom stereocenters. The molecule has 14 heteroatoms. The number of hydroxylamine groups is 1. The van der Waals surface area contributed by atoms with Crippen LogP contribution in [0.1, 0.15) is 40.9 Å². The summed E-state index contributed by atoms with van der Waals surface area (Å²) in [5, 5.41) is 2.04. The quantitative estimate of drug-likeness (QED) is 0.0563. The van der Waals surface area contributed by atoms with Gasteiger partial charge in [0.05, 0.1) is 25.6 Å². The van der Waals surface area contributed by atoms with Crippen LogP contribution >= 0.6 is 7.75 Å². The average Bonchev–Trinajstić information content (AvgIpc) is 3.68. The van der Waals surface area contributed by atoms with Crippen LogP contribution < -0.4 is 16.3 Å². The van der Waals surface area contributed by atoms with Crippen LogP contribution in [0.4, 0.5) is 5.82 Å². The van der Waals surface area contributed by atoms with E-state index >= 15 is 0 Å². The van der Waals surface area contributed by atoms with Crippen molar-refractivity contribution in [3.8, 4) is 0 Å². The summed E-state index contributed by atoms with van der Waals surface area (Å²) in [4.78, 5) is 52.8. The van der Waals surface area contributed by atoms with Gasteiger partial charge in [-0.25, -0.2) is 19.5 Å². The Balaban J connectivity index is 1.02. The Hall–Kier alpha value is -4.52. The van der Waals surface area contributed by atoms with Gasteiger partial charge in [-0.1, -0.05) is 72.8 Å². The van der Waals surface area contributed by atoms with E-state index in [9.17, 15) is 19.0 Å². The topological polar surface area (TPSA) is 184 Å². The van der Waals surface area contributed by atoms with Crippen molar-refractivity contribution in [2.75, 3.05) is 12.3 Å². The fourth-order valence-electron chi connectivity index (χ4n) is 4.56. The summed E-state index contributed by atoms with van der Waals surface area (Å²) in [6.07, 6.45) is 10.7. The second-order valence-corrected chi connectivity index (χ2v) is 11.8. The summed E-state index contributed by atoms with van der Waals surface area (Å²) < 4.78 is 19.6. The molecule has 0 radical (unpaired) electrons. The summed E-state index contributed by atoms with van der Waals surface area (Å²) in [6.45, 7) is 1.55. The van der Waals surface area contributed by atoms with Crippen molar-refractivity contribution in [1.82, 2.24) is 30.1 Å². The molecule has 0 saturated heterocycles. The second kappa shape index (κ2) is 13.8. The molecule has 4 atom stereocenters. The highest BCUT2D eigenvalue weighted by Gasteiger charge is 2.29. The number of fused-ring (bicyclic) bond motifs is 1. The minimum atomic E-state index is -4.43. The minimum Gasteiger partial charge on any atom is -0.382 e. The van der Waals surface area contributed by atoms with Crippen LogP contribution in [0.5, 0.6) is 0 Å². The minimum absolute atomic E-state index is 0.0747. The van der Waals surface area contributed by atoms with E-state index in [-0.39, 0.29) is 31.0 Å². The Labute approximate surface area is 253 Å². The SMILES string of the molecule is C[C@H](NOCc1ccc(C=CC(=O)c2ccccc2)cc1)C(=O)NP(=O)(O)OC[C@H]1C=C[C@@H](n2cnc3c(N)ncnc32)C1. The van der Waals surface area contributed by atoms with E-state index in [0.29, 0.717) is 29.0 Å². The van der Waals surface area contributed by atoms with E-state index in [4.69, 9.17) is 15.1 Å². The Morgan fingerprint density at radius 1 is 1.14 bits per heavy atom. The lowest BCUT2D eigenvalue weighted by atomic mass is 10.1. The fourth-order valence-corrected chi connectivity index (χ4v) is 5.49. The normalized spacial score (nSPS) is 18.4. The van der Waals surface area contributed by atoms with Gasteiger partial charge in [-0.15, -0.1) is 0 Å². The largest absolute Gasteiger partial charge is 0.432 e. The molecule has 5 rings (SSSR count). The summed E-state index contributed by atoms with van der Waals surface area (Å²) in [5.41, 5.74) is 11.8. The highest BCUT2D eigenvalue weighted by Crippen LogP contribution is 2.39. The number of nitrogens with zero attached hydrogens (tertiary/aromatic N) is 4. The maximum atomic E-state index is 12.5. The number of amides is 1. The van der Waals surface area contributed by atoms with Crippen LogP contribution in [0.3, 0.4) is 0 Å². The number of nitrogens with two attached hydrogens (primary N) is 1. The first-order valence-corrected chi connectivity index (χ1v) is 15.4. The molecule has 0 bridgehead atoms. The summed E-state index contributed by atoms with van der Waals surface area (Å²) in [6, 6.07) is 15.3. The molecule has 1 aliphatic carbocycles. The predicted octanol–water partition coefficient (Wildman–Crippen LogP) is 3.76. The van der Waals surface area contributed by atoms with Crippen molar-refractivity contribution in [2.45, 2.75) is 32.0 Å². The Kier molecular flexibility index (Phi) is 9.73. The summed E-state index contributed by atoms with van der Waals surface area (Å²) in [7, 11) is -4.43. The van der Waals surface area contributed by atoms with Gasteiger partial charge in [-0.3, -0.25) is 24.0 Å². The molecule has 2 aromatic heterocycles. The lowest BCUT2D eigenvalue weighted by Gasteiger charge is -2.19. The van der Waals surface area contributed by atoms with Crippen LogP contribution in [0.25, 0.3) is 17.2 Å². The molecule has 0 fully saturated rings. The number of nitrogen functional groups attached to an aromatic ring is 1. The highest BCUT2D eigenvalue weighted by atomic mass is 31.2. The van der Waals surface area contributed by atoms with Gasteiger partial charge in [0.2, 0.25) is 5.91 Å². The van der Waals surface area contributed by atoms with Gasteiger partial charge in [0.15, 0.2) is 17.2 Å². The first-order valence-electron chi connectivity index (χ1n) is 13.8. The first-order chi connectivity index (χ1) is 21.2. The van der Waals surface area contributed by atoms with Crippen molar-refractivity contribution in [1.29, 1.82) is 0 Å². The van der Waals surface area contributed by atoms with Crippen LogP contribution in [0.2, 0.25) is 0 Å². The fraction of sp³-hybridized carbons (Fsp3) is 0.233. The zero-order valence-electron chi connectivity index (χ0n) is 23.8. The van der Waals surface area contributed by atoms with Crippen LogP contribution in [0, 0.1) is 5.92 Å². The number of hydrogen-bond donors (Lipinski definition) is 4. The van der Waals surface area contributed by atoms with E-state index < -0.39 is 19.7 Å². The predicted molar refractivity (Wildman–Crippen MR) is 164 cm³/mol. The summed E-state index contributed by atoms with van der Waals surface area (Å²) in [5.74, 6) is -0.725. The third kappa shape index (κ3) is 7.90. The number of hydrogen-bond acceptors (Lipinski definition) is 10. The van der Waals surface area contributed by atoms with Crippen molar-refractivity contribution in [3.63, 3.8) is 0 Å². The smallest absolute Gasteiger partial charge is 0.382 e. The standard InChI is InChI=1S/C30H32N7O6P/c1-20(35-42-16-22-9-7-21(8-10-22)12-14-26(38)24-5-3-2-4-6-24)30(39)36-44(40,41)43-17-23-11-13-25(15-23)37-19-34-27-28(31)32-18-33-29(27)37/h2-14,18-20,23,25,35H,15-17H2,1H3,(H2,31,32,33)(H2,36,39,40,41)/t20-,23-,25+/m0/s1. The molecule has 2 aromatic carbocycles. The van der Waals surface area contributed by atoms with E-state index in [1.54, 1.807) is 24.5 Å². The molecule has 1 amide bonds. The van der Waals surface area contributed by atoms with Gasteiger partial charge in [-0.2, -0.15) is 5.48 Å². The molecule has 13 nitrogen and oxygen atoms in total.